The van der Waals surface area contributed by atoms with Crippen molar-refractivity contribution < 1.29 is 0 Å². The van der Waals surface area contributed by atoms with Crippen molar-refractivity contribution in [1.29, 1.82) is 0 Å². The van der Waals surface area contributed by atoms with Crippen molar-refractivity contribution in [2.45, 2.75) is 39.0 Å². The monoisotopic (exact) mass is 153 g/mol. The molecule has 0 heterocycles. The van der Waals surface area contributed by atoms with E-state index < -0.39 is 0 Å². The third-order valence-electron chi connectivity index (χ3n) is 1.88. The largest absolute Gasteiger partial charge is 0.330 e. The second-order valence-corrected chi connectivity index (χ2v) is 3.06. The van der Waals surface area contributed by atoms with E-state index in [-0.39, 0.29) is 0 Å². The molecular weight excluding hydrogens is 134 g/mol. The lowest BCUT2D eigenvalue weighted by molar-refractivity contribution is 0.565. The van der Waals surface area contributed by atoms with Gasteiger partial charge in [0.05, 0.1) is 0 Å². The Balaban J connectivity index is 2.97. The minimum Gasteiger partial charge on any atom is -0.330 e. The van der Waals surface area contributed by atoms with E-state index in [0.717, 1.165) is 13.0 Å². The average molecular weight is 153 g/mol. The SMILES string of the molecule is C#CC(C)CCCCCCN. The molecule has 0 aliphatic heterocycles. The summed E-state index contributed by atoms with van der Waals surface area (Å²) < 4.78 is 0. The lowest BCUT2D eigenvalue weighted by Crippen LogP contribution is -1.98. The Bertz CT molecular complexity index is 113. The lowest BCUT2D eigenvalue weighted by atomic mass is 10.0. The molecular formula is C10H19N. The Morgan fingerprint density at radius 2 is 1.91 bits per heavy atom. The maximum atomic E-state index is 5.36. The standard InChI is InChI=1S/C10H19N/c1-3-10(2)8-6-4-5-7-9-11/h1,10H,4-9,11H2,2H3. The summed E-state index contributed by atoms with van der Waals surface area (Å²) >= 11 is 0. The third kappa shape index (κ3) is 7.42. The Morgan fingerprint density at radius 1 is 1.27 bits per heavy atom. The van der Waals surface area contributed by atoms with E-state index in [9.17, 15) is 0 Å². The highest BCUT2D eigenvalue weighted by Crippen LogP contribution is 2.08. The zero-order chi connectivity index (χ0) is 8.53. The molecule has 0 rings (SSSR count). The highest BCUT2D eigenvalue weighted by atomic mass is 14.5. The molecule has 0 amide bonds. The fourth-order valence-electron chi connectivity index (χ4n) is 1.03. The normalized spacial score (nSPS) is 12.5. The van der Waals surface area contributed by atoms with Crippen LogP contribution in [0.5, 0.6) is 0 Å². The summed E-state index contributed by atoms with van der Waals surface area (Å²) in [6, 6.07) is 0. The van der Waals surface area contributed by atoms with Gasteiger partial charge >= 0.3 is 0 Å². The number of rotatable bonds is 6. The first-order valence-corrected chi connectivity index (χ1v) is 4.47. The predicted molar refractivity (Wildman–Crippen MR) is 50.1 cm³/mol. The third-order valence-corrected chi connectivity index (χ3v) is 1.88. The molecule has 0 aliphatic carbocycles. The molecule has 0 saturated carbocycles. The molecule has 11 heavy (non-hydrogen) atoms. The van der Waals surface area contributed by atoms with E-state index in [0.29, 0.717) is 5.92 Å². The highest BCUT2D eigenvalue weighted by molar-refractivity contribution is 4.89. The van der Waals surface area contributed by atoms with Gasteiger partial charge in [-0.1, -0.05) is 26.2 Å². The maximum Gasteiger partial charge on any atom is 0.0171 e. The van der Waals surface area contributed by atoms with E-state index in [1.807, 2.05) is 0 Å². The van der Waals surface area contributed by atoms with Crippen molar-refractivity contribution >= 4 is 0 Å². The second-order valence-electron chi connectivity index (χ2n) is 3.06. The number of terminal acetylenes is 1. The van der Waals surface area contributed by atoms with Crippen LogP contribution >= 0.6 is 0 Å². The van der Waals surface area contributed by atoms with Crippen LogP contribution in [0.2, 0.25) is 0 Å². The molecule has 1 atom stereocenters. The van der Waals surface area contributed by atoms with Gasteiger partial charge in [0, 0.05) is 5.92 Å². The minimum atomic E-state index is 0.452. The van der Waals surface area contributed by atoms with Gasteiger partial charge in [-0.15, -0.1) is 12.3 Å². The van der Waals surface area contributed by atoms with Gasteiger partial charge in [-0.3, -0.25) is 0 Å². The van der Waals surface area contributed by atoms with Gasteiger partial charge in [-0.25, -0.2) is 0 Å². The summed E-state index contributed by atoms with van der Waals surface area (Å²) in [6.07, 6.45) is 11.4. The van der Waals surface area contributed by atoms with E-state index in [2.05, 4.69) is 12.8 Å². The van der Waals surface area contributed by atoms with Gasteiger partial charge in [0.15, 0.2) is 0 Å². The van der Waals surface area contributed by atoms with Crippen LogP contribution in [0.4, 0.5) is 0 Å². The van der Waals surface area contributed by atoms with Crippen molar-refractivity contribution in [3.05, 3.63) is 0 Å². The molecule has 0 aromatic rings. The number of nitrogens with two attached hydrogens (primary N) is 1. The molecule has 1 heteroatoms. The van der Waals surface area contributed by atoms with Crippen LogP contribution in [-0.4, -0.2) is 6.54 Å². The van der Waals surface area contributed by atoms with Crippen LogP contribution in [0.25, 0.3) is 0 Å². The smallest absolute Gasteiger partial charge is 0.0171 e. The average Bonchev–Trinajstić information content (AvgIpc) is 2.04. The maximum absolute atomic E-state index is 5.36. The number of hydrogen-bond donors (Lipinski definition) is 1. The van der Waals surface area contributed by atoms with Crippen molar-refractivity contribution in [2.24, 2.45) is 11.7 Å². The van der Waals surface area contributed by atoms with Gasteiger partial charge in [-0.05, 0) is 19.4 Å². The Hall–Kier alpha value is -0.480. The first kappa shape index (κ1) is 10.5. The second kappa shape index (κ2) is 7.63. The fraction of sp³-hybridized carbons (Fsp3) is 0.800. The first-order valence-electron chi connectivity index (χ1n) is 4.47. The van der Waals surface area contributed by atoms with E-state index in [4.69, 9.17) is 12.2 Å². The van der Waals surface area contributed by atoms with Crippen LogP contribution in [0.15, 0.2) is 0 Å². The molecule has 2 N–H and O–H groups in total. The highest BCUT2D eigenvalue weighted by Gasteiger charge is 1.95. The molecule has 64 valence electrons. The molecule has 0 aromatic carbocycles. The Labute approximate surface area is 70.4 Å². The van der Waals surface area contributed by atoms with Crippen LogP contribution < -0.4 is 5.73 Å². The molecule has 0 spiro atoms. The van der Waals surface area contributed by atoms with Gasteiger partial charge in [-0.2, -0.15) is 0 Å². The van der Waals surface area contributed by atoms with E-state index in [1.54, 1.807) is 0 Å². The Kier molecular flexibility index (Phi) is 7.29. The molecule has 0 bridgehead atoms. The lowest BCUT2D eigenvalue weighted by Gasteiger charge is -2.02. The van der Waals surface area contributed by atoms with Crippen LogP contribution in [-0.2, 0) is 0 Å². The number of unbranched alkanes of at least 4 members (excludes halogenated alkanes) is 3. The fourth-order valence-corrected chi connectivity index (χ4v) is 1.03. The summed E-state index contributed by atoms with van der Waals surface area (Å²) in [7, 11) is 0. The topological polar surface area (TPSA) is 26.0 Å². The summed E-state index contributed by atoms with van der Waals surface area (Å²) in [4.78, 5) is 0. The predicted octanol–water partition coefficient (Wildman–Crippen LogP) is 2.16. The van der Waals surface area contributed by atoms with Gasteiger partial charge < -0.3 is 5.73 Å². The molecule has 0 fully saturated rings. The van der Waals surface area contributed by atoms with Crippen molar-refractivity contribution in [3.63, 3.8) is 0 Å². The molecule has 0 aliphatic rings. The minimum absolute atomic E-state index is 0.452. The molecule has 0 radical (unpaired) electrons. The quantitative estimate of drug-likeness (QED) is 0.459. The van der Waals surface area contributed by atoms with Gasteiger partial charge in [0.1, 0.15) is 0 Å². The summed E-state index contributed by atoms with van der Waals surface area (Å²) in [5.74, 6) is 3.18. The Morgan fingerprint density at radius 3 is 2.45 bits per heavy atom. The van der Waals surface area contributed by atoms with Crippen molar-refractivity contribution in [3.8, 4) is 12.3 Å². The van der Waals surface area contributed by atoms with Crippen LogP contribution in [0.3, 0.4) is 0 Å². The van der Waals surface area contributed by atoms with Crippen LogP contribution in [0, 0.1) is 18.3 Å². The first-order chi connectivity index (χ1) is 5.31. The van der Waals surface area contributed by atoms with Crippen molar-refractivity contribution in [2.75, 3.05) is 6.54 Å². The van der Waals surface area contributed by atoms with Gasteiger partial charge in [0.2, 0.25) is 0 Å². The van der Waals surface area contributed by atoms with E-state index in [1.165, 1.54) is 25.7 Å². The molecule has 0 aromatic heterocycles. The zero-order valence-electron chi connectivity index (χ0n) is 7.47. The number of hydrogen-bond acceptors (Lipinski definition) is 1. The van der Waals surface area contributed by atoms with Crippen LogP contribution in [0.1, 0.15) is 39.0 Å². The molecule has 1 nitrogen and oxygen atoms in total. The summed E-state index contributed by atoms with van der Waals surface area (Å²) in [6.45, 7) is 2.92. The molecule has 0 saturated heterocycles. The van der Waals surface area contributed by atoms with E-state index >= 15 is 0 Å². The van der Waals surface area contributed by atoms with Gasteiger partial charge in [0.25, 0.3) is 0 Å². The summed E-state index contributed by atoms with van der Waals surface area (Å²) in [5.41, 5.74) is 5.36. The zero-order valence-corrected chi connectivity index (χ0v) is 7.47. The van der Waals surface area contributed by atoms with Crippen molar-refractivity contribution in [1.82, 2.24) is 0 Å². The molecule has 1 unspecified atom stereocenters. The summed E-state index contributed by atoms with van der Waals surface area (Å²) in [5, 5.41) is 0.